The van der Waals surface area contributed by atoms with Crippen molar-refractivity contribution in [3.05, 3.63) is 64.9 Å². The number of nitrogens with one attached hydrogen (secondary N) is 1. The standard InChI is InChI=1S/C21H26ClN5O/c1-2-24-21(25-11-9-17-4-3-10-23-14-17)27-13-12-26(20(28)16-27)15-18-5-7-19(22)8-6-18/h3-8,10,14H,2,9,11-13,15-16H2,1H3,(H,24,25). The van der Waals surface area contributed by atoms with Gasteiger partial charge in [-0.25, -0.2) is 0 Å². The average Bonchev–Trinajstić information content (AvgIpc) is 2.71. The first-order chi connectivity index (χ1) is 13.7. The molecule has 6 nitrogen and oxygen atoms in total. The smallest absolute Gasteiger partial charge is 0.242 e. The van der Waals surface area contributed by atoms with Gasteiger partial charge in [0.2, 0.25) is 5.91 Å². The van der Waals surface area contributed by atoms with Crippen molar-refractivity contribution in [2.24, 2.45) is 4.99 Å². The number of carbonyl (C=O) groups excluding carboxylic acids is 1. The van der Waals surface area contributed by atoms with E-state index in [9.17, 15) is 4.79 Å². The highest BCUT2D eigenvalue weighted by molar-refractivity contribution is 6.30. The molecular formula is C21H26ClN5O. The number of hydrogen-bond acceptors (Lipinski definition) is 3. The normalized spacial score (nSPS) is 15.1. The number of pyridine rings is 1. The van der Waals surface area contributed by atoms with Gasteiger partial charge in [0.15, 0.2) is 5.96 Å². The van der Waals surface area contributed by atoms with Crippen molar-refractivity contribution in [2.45, 2.75) is 19.9 Å². The summed E-state index contributed by atoms with van der Waals surface area (Å²) < 4.78 is 0. The highest BCUT2D eigenvalue weighted by atomic mass is 35.5. The first-order valence-corrected chi connectivity index (χ1v) is 9.98. The van der Waals surface area contributed by atoms with Gasteiger partial charge in [-0.1, -0.05) is 29.8 Å². The molecule has 1 aliphatic rings. The Bertz CT molecular complexity index is 794. The molecule has 1 fully saturated rings. The number of aliphatic imine (C=N–C) groups is 1. The number of aromatic nitrogens is 1. The van der Waals surface area contributed by atoms with Crippen LogP contribution in [0.2, 0.25) is 5.02 Å². The number of halogens is 1. The van der Waals surface area contributed by atoms with Crippen molar-refractivity contribution in [2.75, 3.05) is 32.7 Å². The largest absolute Gasteiger partial charge is 0.357 e. The van der Waals surface area contributed by atoms with E-state index in [1.165, 1.54) is 0 Å². The minimum Gasteiger partial charge on any atom is -0.357 e. The molecule has 0 radical (unpaired) electrons. The van der Waals surface area contributed by atoms with Crippen LogP contribution in [0.1, 0.15) is 18.1 Å². The third-order valence-corrected chi connectivity index (χ3v) is 4.88. The van der Waals surface area contributed by atoms with E-state index in [0.29, 0.717) is 31.2 Å². The molecule has 0 spiro atoms. The Kier molecular flexibility index (Phi) is 7.25. The van der Waals surface area contributed by atoms with Gasteiger partial charge in [0.1, 0.15) is 0 Å². The Hall–Kier alpha value is -2.60. The molecule has 0 aliphatic carbocycles. The van der Waals surface area contributed by atoms with Crippen LogP contribution in [0.25, 0.3) is 0 Å². The van der Waals surface area contributed by atoms with Crippen LogP contribution in [0.15, 0.2) is 53.8 Å². The summed E-state index contributed by atoms with van der Waals surface area (Å²) in [6.45, 7) is 5.85. The summed E-state index contributed by atoms with van der Waals surface area (Å²) in [5, 5.41) is 4.01. The molecule has 148 valence electrons. The zero-order valence-corrected chi connectivity index (χ0v) is 16.9. The zero-order chi connectivity index (χ0) is 19.8. The second kappa shape index (κ2) is 10.1. The highest BCUT2D eigenvalue weighted by Gasteiger charge is 2.25. The lowest BCUT2D eigenvalue weighted by Crippen LogP contribution is -2.55. The van der Waals surface area contributed by atoms with E-state index in [1.54, 1.807) is 6.20 Å². The van der Waals surface area contributed by atoms with Crippen molar-refractivity contribution >= 4 is 23.5 Å². The number of benzene rings is 1. The van der Waals surface area contributed by atoms with E-state index in [2.05, 4.69) is 16.4 Å². The molecule has 1 amide bonds. The SMILES string of the molecule is CCNC(=NCCc1cccnc1)N1CCN(Cc2ccc(Cl)cc2)C(=O)C1. The maximum atomic E-state index is 12.6. The Labute approximate surface area is 171 Å². The fourth-order valence-electron chi connectivity index (χ4n) is 3.13. The number of guanidine groups is 1. The van der Waals surface area contributed by atoms with E-state index in [1.807, 2.05) is 53.3 Å². The number of piperazine rings is 1. The second-order valence-electron chi connectivity index (χ2n) is 6.71. The van der Waals surface area contributed by atoms with Crippen LogP contribution in [0.3, 0.4) is 0 Å². The fraction of sp³-hybridized carbons (Fsp3) is 0.381. The summed E-state index contributed by atoms with van der Waals surface area (Å²) in [7, 11) is 0. The quantitative estimate of drug-likeness (QED) is 0.599. The van der Waals surface area contributed by atoms with Gasteiger partial charge in [-0.2, -0.15) is 0 Å². The predicted octanol–water partition coefficient (Wildman–Crippen LogP) is 2.59. The topological polar surface area (TPSA) is 60.8 Å². The maximum absolute atomic E-state index is 12.6. The molecule has 7 heteroatoms. The van der Waals surface area contributed by atoms with Crippen LogP contribution < -0.4 is 5.32 Å². The summed E-state index contributed by atoms with van der Waals surface area (Å²) in [4.78, 5) is 25.4. The lowest BCUT2D eigenvalue weighted by Gasteiger charge is -2.36. The molecule has 2 heterocycles. The molecule has 0 atom stereocenters. The molecule has 0 bridgehead atoms. The number of carbonyl (C=O) groups is 1. The molecule has 1 aliphatic heterocycles. The van der Waals surface area contributed by atoms with Gasteiger partial charge in [0.25, 0.3) is 0 Å². The molecule has 0 saturated carbocycles. The van der Waals surface area contributed by atoms with Gasteiger partial charge in [-0.15, -0.1) is 0 Å². The summed E-state index contributed by atoms with van der Waals surface area (Å²) in [6, 6.07) is 11.6. The maximum Gasteiger partial charge on any atom is 0.242 e. The van der Waals surface area contributed by atoms with Gasteiger partial charge < -0.3 is 15.1 Å². The van der Waals surface area contributed by atoms with Crippen LogP contribution in [0.4, 0.5) is 0 Å². The molecule has 1 saturated heterocycles. The molecule has 1 aromatic heterocycles. The monoisotopic (exact) mass is 399 g/mol. The van der Waals surface area contributed by atoms with E-state index in [-0.39, 0.29) is 5.91 Å². The number of hydrogen-bond donors (Lipinski definition) is 1. The summed E-state index contributed by atoms with van der Waals surface area (Å²) in [6.07, 6.45) is 4.46. The van der Waals surface area contributed by atoms with Crippen LogP contribution in [-0.2, 0) is 17.8 Å². The summed E-state index contributed by atoms with van der Waals surface area (Å²) >= 11 is 5.94. The third kappa shape index (κ3) is 5.70. The van der Waals surface area contributed by atoms with Crippen LogP contribution in [0.5, 0.6) is 0 Å². The molecule has 0 unspecified atom stereocenters. The molecule has 3 rings (SSSR count). The van der Waals surface area contributed by atoms with Crippen LogP contribution >= 0.6 is 11.6 Å². The minimum atomic E-state index is 0.110. The van der Waals surface area contributed by atoms with Gasteiger partial charge in [-0.3, -0.25) is 14.8 Å². The number of rotatable bonds is 6. The predicted molar refractivity (Wildman–Crippen MR) is 112 cm³/mol. The molecule has 1 N–H and O–H groups in total. The second-order valence-corrected chi connectivity index (χ2v) is 7.15. The molecule has 2 aromatic rings. The highest BCUT2D eigenvalue weighted by Crippen LogP contribution is 2.13. The Morgan fingerprint density at radius 2 is 2.04 bits per heavy atom. The van der Waals surface area contributed by atoms with Gasteiger partial charge >= 0.3 is 0 Å². The zero-order valence-electron chi connectivity index (χ0n) is 16.1. The van der Waals surface area contributed by atoms with Crippen molar-refractivity contribution < 1.29 is 4.79 Å². The molecular weight excluding hydrogens is 374 g/mol. The number of nitrogens with zero attached hydrogens (tertiary/aromatic N) is 4. The molecule has 1 aromatic carbocycles. The van der Waals surface area contributed by atoms with Crippen molar-refractivity contribution in [3.8, 4) is 0 Å². The van der Waals surface area contributed by atoms with Gasteiger partial charge in [0.05, 0.1) is 6.54 Å². The Morgan fingerprint density at radius 1 is 1.21 bits per heavy atom. The van der Waals surface area contributed by atoms with E-state index in [0.717, 1.165) is 36.6 Å². The van der Waals surface area contributed by atoms with Gasteiger partial charge in [-0.05, 0) is 42.7 Å². The fourth-order valence-corrected chi connectivity index (χ4v) is 3.26. The Balaban J connectivity index is 1.56. The first kappa shape index (κ1) is 20.1. The summed E-state index contributed by atoms with van der Waals surface area (Å²) in [5.74, 6) is 0.907. The lowest BCUT2D eigenvalue weighted by atomic mass is 10.2. The third-order valence-electron chi connectivity index (χ3n) is 4.62. The van der Waals surface area contributed by atoms with Crippen molar-refractivity contribution in [1.82, 2.24) is 20.1 Å². The van der Waals surface area contributed by atoms with E-state index < -0.39 is 0 Å². The number of amides is 1. The van der Waals surface area contributed by atoms with Crippen LogP contribution in [-0.4, -0.2) is 59.4 Å². The van der Waals surface area contributed by atoms with Crippen molar-refractivity contribution in [1.29, 1.82) is 0 Å². The van der Waals surface area contributed by atoms with E-state index >= 15 is 0 Å². The van der Waals surface area contributed by atoms with Crippen LogP contribution in [0, 0.1) is 0 Å². The van der Waals surface area contributed by atoms with Gasteiger partial charge in [0, 0.05) is 50.1 Å². The lowest BCUT2D eigenvalue weighted by molar-refractivity contribution is -0.135. The van der Waals surface area contributed by atoms with Crippen molar-refractivity contribution in [3.63, 3.8) is 0 Å². The average molecular weight is 400 g/mol. The van der Waals surface area contributed by atoms with E-state index in [4.69, 9.17) is 16.6 Å². The Morgan fingerprint density at radius 3 is 2.71 bits per heavy atom. The first-order valence-electron chi connectivity index (χ1n) is 9.60. The molecule has 28 heavy (non-hydrogen) atoms. The minimum absolute atomic E-state index is 0.110. The summed E-state index contributed by atoms with van der Waals surface area (Å²) in [5.41, 5.74) is 2.24.